The minimum Gasteiger partial charge on any atom is -0.356 e. The van der Waals surface area contributed by atoms with E-state index < -0.39 is 11.6 Å². The molecule has 0 spiro atoms. The fourth-order valence-electron chi connectivity index (χ4n) is 1.91. The number of guanidine groups is 1. The molecule has 0 fully saturated rings. The Balaban J connectivity index is 1.94. The molecule has 3 nitrogen and oxygen atoms in total. The summed E-state index contributed by atoms with van der Waals surface area (Å²) < 4.78 is 26.4. The SMILES string of the molecule is CC(CNC1=NCCCN1)c1ccc(F)cc1F. The molecule has 0 bridgehead atoms. The van der Waals surface area contributed by atoms with E-state index in [1.54, 1.807) is 0 Å². The molecule has 5 heteroatoms. The van der Waals surface area contributed by atoms with Gasteiger partial charge in [-0.25, -0.2) is 8.78 Å². The fraction of sp³-hybridized carbons (Fsp3) is 0.462. The number of rotatable bonds is 3. The smallest absolute Gasteiger partial charge is 0.191 e. The van der Waals surface area contributed by atoms with Gasteiger partial charge in [-0.1, -0.05) is 13.0 Å². The number of hydrogen-bond donors (Lipinski definition) is 2. The molecule has 0 aromatic heterocycles. The third-order valence-corrected chi connectivity index (χ3v) is 2.97. The second-order valence-electron chi connectivity index (χ2n) is 4.46. The molecule has 2 N–H and O–H groups in total. The highest BCUT2D eigenvalue weighted by molar-refractivity contribution is 5.80. The summed E-state index contributed by atoms with van der Waals surface area (Å²) in [5.41, 5.74) is 0.514. The number of nitrogens with one attached hydrogen (secondary N) is 2. The van der Waals surface area contributed by atoms with Gasteiger partial charge in [0.25, 0.3) is 0 Å². The van der Waals surface area contributed by atoms with Gasteiger partial charge in [-0.2, -0.15) is 0 Å². The van der Waals surface area contributed by atoms with Gasteiger partial charge in [-0.3, -0.25) is 4.99 Å². The van der Waals surface area contributed by atoms with E-state index in [-0.39, 0.29) is 5.92 Å². The first-order chi connectivity index (χ1) is 8.66. The molecule has 2 rings (SSSR count). The van der Waals surface area contributed by atoms with Crippen LogP contribution in [0.1, 0.15) is 24.8 Å². The van der Waals surface area contributed by atoms with E-state index in [0.717, 1.165) is 31.5 Å². The van der Waals surface area contributed by atoms with Crippen LogP contribution in [0.15, 0.2) is 23.2 Å². The molecule has 1 atom stereocenters. The molecule has 0 aliphatic carbocycles. The molecule has 1 heterocycles. The molecule has 0 radical (unpaired) electrons. The topological polar surface area (TPSA) is 36.4 Å². The van der Waals surface area contributed by atoms with Crippen LogP contribution in [-0.4, -0.2) is 25.6 Å². The standard InChI is InChI=1S/C13H17F2N3/c1-9(8-18-13-16-5-2-6-17-13)11-4-3-10(14)7-12(11)15/h3-4,7,9H,2,5-6,8H2,1H3,(H2,16,17,18). The highest BCUT2D eigenvalue weighted by atomic mass is 19.1. The monoisotopic (exact) mass is 253 g/mol. The lowest BCUT2D eigenvalue weighted by atomic mass is 10.0. The first kappa shape index (κ1) is 12.8. The van der Waals surface area contributed by atoms with E-state index in [4.69, 9.17) is 0 Å². The normalized spacial score (nSPS) is 16.7. The molecular weight excluding hydrogens is 236 g/mol. The number of nitrogens with zero attached hydrogens (tertiary/aromatic N) is 1. The van der Waals surface area contributed by atoms with Gasteiger partial charge in [-0.05, 0) is 18.1 Å². The lowest BCUT2D eigenvalue weighted by Gasteiger charge is -2.19. The van der Waals surface area contributed by atoms with Crippen molar-refractivity contribution in [3.63, 3.8) is 0 Å². The van der Waals surface area contributed by atoms with Crippen molar-refractivity contribution in [1.29, 1.82) is 0 Å². The van der Waals surface area contributed by atoms with E-state index in [1.807, 2.05) is 6.92 Å². The lowest BCUT2D eigenvalue weighted by Crippen LogP contribution is -2.42. The minimum atomic E-state index is -0.547. The van der Waals surface area contributed by atoms with Crippen LogP contribution >= 0.6 is 0 Å². The van der Waals surface area contributed by atoms with E-state index in [9.17, 15) is 8.78 Å². The maximum Gasteiger partial charge on any atom is 0.191 e. The summed E-state index contributed by atoms with van der Waals surface area (Å²) in [6, 6.07) is 3.70. The van der Waals surface area contributed by atoms with E-state index in [2.05, 4.69) is 15.6 Å². The molecule has 0 saturated heterocycles. The first-order valence-electron chi connectivity index (χ1n) is 6.14. The van der Waals surface area contributed by atoms with Crippen molar-refractivity contribution in [2.75, 3.05) is 19.6 Å². The van der Waals surface area contributed by atoms with Crippen LogP contribution in [0.25, 0.3) is 0 Å². The van der Waals surface area contributed by atoms with Crippen LogP contribution in [0.5, 0.6) is 0 Å². The zero-order valence-electron chi connectivity index (χ0n) is 10.3. The van der Waals surface area contributed by atoms with Crippen molar-refractivity contribution in [1.82, 2.24) is 10.6 Å². The number of benzene rings is 1. The van der Waals surface area contributed by atoms with E-state index in [1.165, 1.54) is 12.1 Å². The molecule has 98 valence electrons. The zero-order chi connectivity index (χ0) is 13.0. The summed E-state index contributed by atoms with van der Waals surface area (Å²) in [4.78, 5) is 4.27. The summed E-state index contributed by atoms with van der Waals surface area (Å²) in [5, 5.41) is 6.27. The Bertz CT molecular complexity index is 446. The maximum atomic E-state index is 13.6. The molecule has 1 unspecified atom stereocenters. The van der Waals surface area contributed by atoms with Gasteiger partial charge in [0.15, 0.2) is 5.96 Å². The zero-order valence-corrected chi connectivity index (χ0v) is 10.3. The Labute approximate surface area is 105 Å². The van der Waals surface area contributed by atoms with Crippen molar-refractivity contribution in [2.24, 2.45) is 4.99 Å². The second-order valence-corrected chi connectivity index (χ2v) is 4.46. The maximum absolute atomic E-state index is 13.6. The average Bonchev–Trinajstić information content (AvgIpc) is 2.37. The van der Waals surface area contributed by atoms with Gasteiger partial charge < -0.3 is 10.6 Å². The summed E-state index contributed by atoms with van der Waals surface area (Å²) in [5.74, 6) is -0.329. The number of halogens is 2. The van der Waals surface area contributed by atoms with Crippen LogP contribution in [0.2, 0.25) is 0 Å². The van der Waals surface area contributed by atoms with Gasteiger partial charge in [-0.15, -0.1) is 0 Å². The highest BCUT2D eigenvalue weighted by Crippen LogP contribution is 2.19. The molecule has 1 aromatic carbocycles. The van der Waals surface area contributed by atoms with E-state index in [0.29, 0.717) is 12.1 Å². The lowest BCUT2D eigenvalue weighted by molar-refractivity contribution is 0.555. The van der Waals surface area contributed by atoms with Crippen LogP contribution in [0.3, 0.4) is 0 Å². The Hall–Kier alpha value is -1.65. The molecule has 0 saturated carbocycles. The van der Waals surface area contributed by atoms with E-state index >= 15 is 0 Å². The van der Waals surface area contributed by atoms with Gasteiger partial charge in [0.05, 0.1) is 0 Å². The molecule has 0 amide bonds. The molecule has 1 aliphatic heterocycles. The third-order valence-electron chi connectivity index (χ3n) is 2.97. The minimum absolute atomic E-state index is 0.0444. The largest absolute Gasteiger partial charge is 0.356 e. The van der Waals surface area contributed by atoms with Crippen molar-refractivity contribution >= 4 is 5.96 Å². The summed E-state index contributed by atoms with van der Waals surface area (Å²) in [6.45, 7) is 4.18. The van der Waals surface area contributed by atoms with Gasteiger partial charge in [0.1, 0.15) is 11.6 Å². The quantitative estimate of drug-likeness (QED) is 0.864. The Morgan fingerprint density at radius 3 is 2.94 bits per heavy atom. The number of aliphatic imine (C=N–C) groups is 1. The Morgan fingerprint density at radius 1 is 1.44 bits per heavy atom. The third kappa shape index (κ3) is 3.18. The van der Waals surface area contributed by atoms with Crippen LogP contribution in [0.4, 0.5) is 8.78 Å². The molecule has 18 heavy (non-hydrogen) atoms. The van der Waals surface area contributed by atoms with Gasteiger partial charge >= 0.3 is 0 Å². The van der Waals surface area contributed by atoms with Crippen LogP contribution in [-0.2, 0) is 0 Å². The van der Waals surface area contributed by atoms with Crippen LogP contribution in [0, 0.1) is 11.6 Å². The van der Waals surface area contributed by atoms with Crippen molar-refractivity contribution in [3.8, 4) is 0 Å². The summed E-state index contributed by atoms with van der Waals surface area (Å²) in [6.07, 6.45) is 1.04. The summed E-state index contributed by atoms with van der Waals surface area (Å²) >= 11 is 0. The van der Waals surface area contributed by atoms with Gasteiger partial charge in [0.2, 0.25) is 0 Å². The first-order valence-corrected chi connectivity index (χ1v) is 6.14. The van der Waals surface area contributed by atoms with Crippen LogP contribution < -0.4 is 10.6 Å². The molecular formula is C13H17F2N3. The molecule has 1 aromatic rings. The predicted octanol–water partition coefficient (Wildman–Crippen LogP) is 2.01. The Morgan fingerprint density at radius 2 is 2.28 bits per heavy atom. The highest BCUT2D eigenvalue weighted by Gasteiger charge is 2.12. The van der Waals surface area contributed by atoms with Crippen molar-refractivity contribution in [2.45, 2.75) is 19.3 Å². The molecule has 1 aliphatic rings. The van der Waals surface area contributed by atoms with Gasteiger partial charge in [0, 0.05) is 31.6 Å². The predicted molar refractivity (Wildman–Crippen MR) is 67.7 cm³/mol. The Kier molecular flexibility index (Phi) is 4.12. The second kappa shape index (κ2) is 5.80. The number of hydrogen-bond acceptors (Lipinski definition) is 3. The van der Waals surface area contributed by atoms with Crippen molar-refractivity contribution < 1.29 is 8.78 Å². The summed E-state index contributed by atoms with van der Waals surface area (Å²) in [7, 11) is 0. The fourth-order valence-corrected chi connectivity index (χ4v) is 1.91. The van der Waals surface area contributed by atoms with Crippen molar-refractivity contribution in [3.05, 3.63) is 35.4 Å². The average molecular weight is 253 g/mol.